The van der Waals surface area contributed by atoms with Crippen LogP contribution >= 0.6 is 0 Å². The largest absolute Gasteiger partial charge is 0.472 e. The first-order valence-corrected chi connectivity index (χ1v) is 6.49. The smallest absolute Gasteiger partial charge is 0.233 e. The summed E-state index contributed by atoms with van der Waals surface area (Å²) >= 11 is 0. The minimum atomic E-state index is -0.353. The maximum Gasteiger partial charge on any atom is 0.233 e. The van der Waals surface area contributed by atoms with E-state index in [1.165, 1.54) is 12.1 Å². The van der Waals surface area contributed by atoms with Crippen LogP contribution in [0.3, 0.4) is 0 Å². The average Bonchev–Trinajstić information content (AvgIpc) is 3.11. The van der Waals surface area contributed by atoms with Gasteiger partial charge in [-0.2, -0.15) is 0 Å². The van der Waals surface area contributed by atoms with Crippen LogP contribution in [-0.4, -0.2) is 21.2 Å². The summed E-state index contributed by atoms with van der Waals surface area (Å²) in [6.45, 7) is 0.0707. The van der Waals surface area contributed by atoms with E-state index in [0.29, 0.717) is 29.0 Å². The normalized spacial score (nSPS) is 10.6. The number of aldehydes is 1. The van der Waals surface area contributed by atoms with Crippen LogP contribution in [0.25, 0.3) is 11.3 Å². The van der Waals surface area contributed by atoms with E-state index in [2.05, 4.69) is 10.3 Å². The second kappa shape index (κ2) is 5.80. The number of carbonyl (C=O) groups is 1. The van der Waals surface area contributed by atoms with Crippen molar-refractivity contribution in [2.75, 3.05) is 0 Å². The quantitative estimate of drug-likeness (QED) is 0.677. The Morgan fingerprint density at radius 1 is 1.32 bits per heavy atom. The third-order valence-corrected chi connectivity index (χ3v) is 3.10. The number of hydrogen-bond donors (Lipinski definition) is 0. The van der Waals surface area contributed by atoms with Gasteiger partial charge in [-0.1, -0.05) is 5.16 Å². The number of carbonyl (C=O) groups excluding carboxylic acids is 1. The molecule has 0 amide bonds. The Labute approximate surface area is 125 Å². The zero-order valence-corrected chi connectivity index (χ0v) is 11.7. The highest BCUT2D eigenvalue weighted by atomic mass is 19.1. The van der Waals surface area contributed by atoms with Crippen molar-refractivity contribution in [1.82, 2.24) is 14.9 Å². The molecule has 0 spiro atoms. The second-order valence-electron chi connectivity index (χ2n) is 4.62. The van der Waals surface area contributed by atoms with E-state index in [9.17, 15) is 9.18 Å². The van der Waals surface area contributed by atoms with Gasteiger partial charge in [-0.25, -0.2) is 4.39 Å². The molecule has 0 unspecified atom stereocenters. The summed E-state index contributed by atoms with van der Waals surface area (Å²) in [6, 6.07) is 7.45. The molecule has 2 heterocycles. The van der Waals surface area contributed by atoms with Gasteiger partial charge in [0.1, 0.15) is 18.1 Å². The second-order valence-corrected chi connectivity index (χ2v) is 4.62. The van der Waals surface area contributed by atoms with E-state index in [1.54, 1.807) is 36.1 Å². The molecular formula is C15H12FN3O3. The molecule has 1 aromatic carbocycles. The number of halogens is 1. The lowest BCUT2D eigenvalue weighted by Crippen LogP contribution is -2.00. The van der Waals surface area contributed by atoms with E-state index in [1.807, 2.05) is 0 Å². The number of rotatable bonds is 5. The fraction of sp³-hybridized carbons (Fsp3) is 0.133. The topological polar surface area (TPSA) is 70.2 Å². The van der Waals surface area contributed by atoms with E-state index in [4.69, 9.17) is 9.26 Å². The number of ether oxygens (including phenoxy) is 1. The molecule has 3 aromatic rings. The zero-order valence-electron chi connectivity index (χ0n) is 11.7. The van der Waals surface area contributed by atoms with Crippen molar-refractivity contribution in [3.8, 4) is 17.1 Å². The molecule has 0 aliphatic rings. The molecule has 2 aromatic heterocycles. The third-order valence-electron chi connectivity index (χ3n) is 3.10. The van der Waals surface area contributed by atoms with Crippen LogP contribution in [0.2, 0.25) is 0 Å². The van der Waals surface area contributed by atoms with Crippen molar-refractivity contribution >= 4 is 6.29 Å². The van der Waals surface area contributed by atoms with Crippen LogP contribution in [0.15, 0.2) is 41.1 Å². The summed E-state index contributed by atoms with van der Waals surface area (Å²) in [7, 11) is 1.77. The Morgan fingerprint density at radius 2 is 2.09 bits per heavy atom. The van der Waals surface area contributed by atoms with Gasteiger partial charge in [0, 0.05) is 24.9 Å². The summed E-state index contributed by atoms with van der Waals surface area (Å²) in [6.07, 6.45) is 2.31. The Morgan fingerprint density at radius 3 is 2.73 bits per heavy atom. The first-order valence-electron chi connectivity index (χ1n) is 6.49. The predicted molar refractivity (Wildman–Crippen MR) is 74.8 cm³/mol. The van der Waals surface area contributed by atoms with Crippen LogP contribution in [0, 0.1) is 5.82 Å². The van der Waals surface area contributed by atoms with Crippen LogP contribution < -0.4 is 4.74 Å². The molecule has 6 nitrogen and oxygen atoms in total. The highest BCUT2D eigenvalue weighted by Gasteiger charge is 2.18. The number of benzene rings is 1. The maximum atomic E-state index is 13.0. The molecule has 0 atom stereocenters. The predicted octanol–water partition coefficient (Wildman–Crippen LogP) is 2.61. The van der Waals surface area contributed by atoms with Gasteiger partial charge in [-0.3, -0.25) is 9.48 Å². The molecule has 0 N–H and O–H groups in total. The van der Waals surface area contributed by atoms with E-state index >= 15 is 0 Å². The number of aryl methyl sites for hydroxylation is 1. The molecular weight excluding hydrogens is 289 g/mol. The summed E-state index contributed by atoms with van der Waals surface area (Å²) < 4.78 is 25.2. The molecule has 0 radical (unpaired) electrons. The summed E-state index contributed by atoms with van der Waals surface area (Å²) in [5.74, 6) is 0.148. The first-order chi connectivity index (χ1) is 10.7. The summed E-state index contributed by atoms with van der Waals surface area (Å²) in [5, 5.41) is 7.96. The Hall–Kier alpha value is -2.96. The Balaban J connectivity index is 1.89. The zero-order chi connectivity index (χ0) is 15.5. The van der Waals surface area contributed by atoms with Gasteiger partial charge in [0.05, 0.1) is 5.56 Å². The van der Waals surface area contributed by atoms with Crippen LogP contribution in [0.5, 0.6) is 5.88 Å². The molecule has 0 saturated carbocycles. The van der Waals surface area contributed by atoms with Crippen LogP contribution in [0.1, 0.15) is 16.1 Å². The van der Waals surface area contributed by atoms with E-state index < -0.39 is 0 Å². The van der Waals surface area contributed by atoms with Gasteiger partial charge >= 0.3 is 0 Å². The first kappa shape index (κ1) is 14.0. The number of nitrogens with zero attached hydrogens (tertiary/aromatic N) is 3. The molecule has 0 fully saturated rings. The number of hydrogen-bond acceptors (Lipinski definition) is 5. The van der Waals surface area contributed by atoms with Gasteiger partial charge < -0.3 is 9.26 Å². The molecule has 112 valence electrons. The van der Waals surface area contributed by atoms with Crippen molar-refractivity contribution in [2.45, 2.75) is 6.61 Å². The van der Waals surface area contributed by atoms with Gasteiger partial charge in [-0.15, -0.1) is 5.10 Å². The highest BCUT2D eigenvalue weighted by Crippen LogP contribution is 2.26. The highest BCUT2D eigenvalue weighted by molar-refractivity contribution is 5.78. The van der Waals surface area contributed by atoms with Crippen molar-refractivity contribution in [3.05, 3.63) is 53.7 Å². The standard InChI is InChI=1S/C15H12FN3O3/c1-19-7-6-14(17-19)21-9-12-13(8-20)22-18-15(12)10-2-4-11(16)5-3-10/h2-8H,9H2,1H3. The van der Waals surface area contributed by atoms with Crippen LogP contribution in [-0.2, 0) is 13.7 Å². The molecule has 7 heteroatoms. The lowest BCUT2D eigenvalue weighted by Gasteiger charge is -2.04. The Bertz CT molecular complexity index is 793. The van der Waals surface area contributed by atoms with Gasteiger partial charge in [0.2, 0.25) is 11.6 Å². The van der Waals surface area contributed by atoms with Crippen molar-refractivity contribution in [2.24, 2.45) is 7.05 Å². The van der Waals surface area contributed by atoms with Crippen molar-refractivity contribution in [1.29, 1.82) is 0 Å². The minimum absolute atomic E-state index is 0.0707. The maximum absolute atomic E-state index is 13.0. The van der Waals surface area contributed by atoms with E-state index in [0.717, 1.165) is 0 Å². The monoisotopic (exact) mass is 301 g/mol. The van der Waals surface area contributed by atoms with Gasteiger partial charge in [-0.05, 0) is 24.3 Å². The fourth-order valence-corrected chi connectivity index (χ4v) is 2.01. The summed E-state index contributed by atoms with van der Waals surface area (Å²) in [4.78, 5) is 11.1. The van der Waals surface area contributed by atoms with E-state index in [-0.39, 0.29) is 18.2 Å². The lowest BCUT2D eigenvalue weighted by atomic mass is 10.1. The third kappa shape index (κ3) is 2.73. The lowest BCUT2D eigenvalue weighted by molar-refractivity contribution is 0.108. The fourth-order valence-electron chi connectivity index (χ4n) is 2.01. The van der Waals surface area contributed by atoms with Gasteiger partial charge in [0.25, 0.3) is 0 Å². The molecule has 0 bridgehead atoms. The van der Waals surface area contributed by atoms with Crippen molar-refractivity contribution in [3.63, 3.8) is 0 Å². The van der Waals surface area contributed by atoms with Crippen LogP contribution in [0.4, 0.5) is 4.39 Å². The van der Waals surface area contributed by atoms with Gasteiger partial charge in [0.15, 0.2) is 6.29 Å². The molecule has 3 rings (SSSR count). The minimum Gasteiger partial charge on any atom is -0.472 e. The molecule has 0 saturated heterocycles. The SMILES string of the molecule is Cn1ccc(OCc2c(-c3ccc(F)cc3)noc2C=O)n1. The average molecular weight is 301 g/mol. The molecule has 22 heavy (non-hydrogen) atoms. The summed E-state index contributed by atoms with van der Waals surface area (Å²) in [5.41, 5.74) is 1.57. The molecule has 0 aliphatic heterocycles. The number of aromatic nitrogens is 3. The molecule has 0 aliphatic carbocycles. The Kier molecular flexibility index (Phi) is 3.69. The van der Waals surface area contributed by atoms with Crippen molar-refractivity contribution < 1.29 is 18.4 Å².